The Bertz CT molecular complexity index is 1260. The highest BCUT2D eigenvalue weighted by atomic mass is 35.5. The molecular weight excluding hydrogens is 421 g/mol. The first kappa shape index (κ1) is 19.9. The third-order valence-corrected chi connectivity index (χ3v) is 4.73. The number of benzene rings is 1. The van der Waals surface area contributed by atoms with Gasteiger partial charge in [-0.2, -0.15) is 23.4 Å². The van der Waals surface area contributed by atoms with Crippen LogP contribution < -0.4 is 5.32 Å². The van der Waals surface area contributed by atoms with E-state index < -0.39 is 23.3 Å². The second-order valence-corrected chi connectivity index (χ2v) is 6.99. The molecule has 1 N–H and O–H groups in total. The molecule has 0 unspecified atom stereocenters. The fraction of sp³-hybridized carbons (Fsp3) is 0.158. The zero-order valence-electron chi connectivity index (χ0n) is 15.7. The van der Waals surface area contributed by atoms with E-state index in [1.54, 1.807) is 24.7 Å². The van der Waals surface area contributed by atoms with Crippen LogP contribution in [-0.2, 0) is 13.2 Å². The van der Waals surface area contributed by atoms with Crippen molar-refractivity contribution >= 4 is 34.2 Å². The molecule has 30 heavy (non-hydrogen) atoms. The zero-order valence-corrected chi connectivity index (χ0v) is 16.5. The molecule has 7 nitrogen and oxygen atoms in total. The molecule has 1 amide bonds. The summed E-state index contributed by atoms with van der Waals surface area (Å²) in [6.45, 7) is 1.77. The summed E-state index contributed by atoms with van der Waals surface area (Å²) in [6, 6.07) is 7.26. The highest BCUT2D eigenvalue weighted by Gasteiger charge is 2.40. The molecule has 0 bridgehead atoms. The number of amides is 1. The maximum atomic E-state index is 13.8. The fourth-order valence-electron chi connectivity index (χ4n) is 3.14. The second kappa shape index (κ2) is 7.13. The van der Waals surface area contributed by atoms with Crippen LogP contribution in [0.1, 0.15) is 21.7 Å². The van der Waals surface area contributed by atoms with E-state index >= 15 is 0 Å². The largest absolute Gasteiger partial charge is 0.434 e. The number of alkyl halides is 3. The Hall–Kier alpha value is -3.40. The maximum Gasteiger partial charge on any atom is 0.434 e. The number of hydrogen-bond donors (Lipinski definition) is 1. The molecule has 4 aromatic rings. The van der Waals surface area contributed by atoms with Gasteiger partial charge in [0.25, 0.3) is 5.91 Å². The first-order valence-corrected chi connectivity index (χ1v) is 9.05. The molecule has 0 saturated carbocycles. The maximum absolute atomic E-state index is 13.8. The Labute approximate surface area is 173 Å². The van der Waals surface area contributed by atoms with E-state index in [-0.39, 0.29) is 11.4 Å². The molecule has 4 rings (SSSR count). The van der Waals surface area contributed by atoms with Gasteiger partial charge in [-0.1, -0.05) is 11.6 Å². The van der Waals surface area contributed by atoms with Crippen LogP contribution in [0.4, 0.5) is 18.9 Å². The molecular formula is C19H14ClF3N6O. The summed E-state index contributed by atoms with van der Waals surface area (Å²) in [5.41, 5.74) is -0.148. The van der Waals surface area contributed by atoms with Gasteiger partial charge in [0, 0.05) is 17.5 Å². The predicted molar refractivity (Wildman–Crippen MR) is 105 cm³/mol. The minimum atomic E-state index is -4.81. The van der Waals surface area contributed by atoms with Crippen molar-refractivity contribution in [2.75, 3.05) is 5.32 Å². The van der Waals surface area contributed by atoms with Gasteiger partial charge in [-0.25, -0.2) is 9.67 Å². The van der Waals surface area contributed by atoms with Crippen LogP contribution in [0.5, 0.6) is 0 Å². The Kier molecular flexibility index (Phi) is 4.73. The molecule has 0 radical (unpaired) electrons. The molecule has 0 atom stereocenters. The van der Waals surface area contributed by atoms with Gasteiger partial charge in [0.05, 0.1) is 35.0 Å². The lowest BCUT2D eigenvalue weighted by Gasteiger charge is -2.13. The highest BCUT2D eigenvalue weighted by Crippen LogP contribution is 2.34. The van der Waals surface area contributed by atoms with E-state index in [9.17, 15) is 18.0 Å². The minimum absolute atomic E-state index is 0.125. The molecule has 0 aliphatic rings. The van der Waals surface area contributed by atoms with Gasteiger partial charge in [-0.15, -0.1) is 0 Å². The lowest BCUT2D eigenvalue weighted by molar-refractivity contribution is -0.143. The summed E-state index contributed by atoms with van der Waals surface area (Å²) < 4.78 is 43.6. The number of rotatable bonds is 3. The minimum Gasteiger partial charge on any atom is -0.320 e. The van der Waals surface area contributed by atoms with Crippen molar-refractivity contribution < 1.29 is 18.0 Å². The fourth-order valence-corrected chi connectivity index (χ4v) is 3.27. The first-order valence-electron chi connectivity index (χ1n) is 8.67. The van der Waals surface area contributed by atoms with Crippen LogP contribution in [0, 0.1) is 6.92 Å². The standard InChI is InChI=1S/C19H14ClF3N6O/c1-10-14-7-12(8-24-17(14)28(2)27-10)26-18(30)15-9-25-29(16(15)19(21,22)23)13-5-3-11(20)4-6-13/h3-9H,1-2H3,(H,26,30). The van der Waals surface area contributed by atoms with Crippen molar-refractivity contribution in [2.24, 2.45) is 7.05 Å². The molecule has 0 saturated heterocycles. The van der Waals surface area contributed by atoms with Crippen molar-refractivity contribution in [3.63, 3.8) is 0 Å². The van der Waals surface area contributed by atoms with Crippen LogP contribution in [0.2, 0.25) is 5.02 Å². The molecule has 0 aliphatic carbocycles. The quantitative estimate of drug-likeness (QED) is 0.519. The number of aryl methyl sites for hydroxylation is 2. The van der Waals surface area contributed by atoms with Gasteiger partial charge in [-0.05, 0) is 37.3 Å². The van der Waals surface area contributed by atoms with Crippen molar-refractivity contribution in [3.8, 4) is 5.69 Å². The van der Waals surface area contributed by atoms with Gasteiger partial charge in [0.2, 0.25) is 0 Å². The summed E-state index contributed by atoms with van der Waals surface area (Å²) in [7, 11) is 1.72. The van der Waals surface area contributed by atoms with Crippen molar-refractivity contribution in [2.45, 2.75) is 13.1 Å². The van der Waals surface area contributed by atoms with Gasteiger partial charge in [0.15, 0.2) is 11.3 Å². The number of nitrogens with one attached hydrogen (secondary N) is 1. The Morgan fingerprint density at radius 1 is 1.17 bits per heavy atom. The second-order valence-electron chi connectivity index (χ2n) is 6.55. The monoisotopic (exact) mass is 434 g/mol. The topological polar surface area (TPSA) is 77.6 Å². The zero-order chi connectivity index (χ0) is 21.6. The number of nitrogens with zero attached hydrogens (tertiary/aromatic N) is 5. The third-order valence-electron chi connectivity index (χ3n) is 4.47. The van der Waals surface area contributed by atoms with E-state index in [1.165, 1.54) is 30.5 Å². The lowest BCUT2D eigenvalue weighted by Crippen LogP contribution is -2.20. The summed E-state index contributed by atoms with van der Waals surface area (Å²) in [4.78, 5) is 16.9. The van der Waals surface area contributed by atoms with E-state index in [0.29, 0.717) is 26.4 Å². The molecule has 3 aromatic heterocycles. The molecule has 154 valence electrons. The van der Waals surface area contributed by atoms with Crippen LogP contribution in [0.3, 0.4) is 0 Å². The first-order chi connectivity index (χ1) is 14.1. The van der Waals surface area contributed by atoms with Gasteiger partial charge in [0.1, 0.15) is 0 Å². The van der Waals surface area contributed by atoms with Crippen LogP contribution in [-0.4, -0.2) is 30.5 Å². The highest BCUT2D eigenvalue weighted by molar-refractivity contribution is 6.30. The molecule has 0 spiro atoms. The normalized spacial score (nSPS) is 11.8. The number of fused-ring (bicyclic) bond motifs is 1. The Morgan fingerprint density at radius 2 is 1.87 bits per heavy atom. The molecule has 3 heterocycles. The molecule has 11 heteroatoms. The van der Waals surface area contributed by atoms with Crippen LogP contribution >= 0.6 is 11.6 Å². The molecule has 0 fully saturated rings. The van der Waals surface area contributed by atoms with Crippen molar-refractivity contribution in [1.29, 1.82) is 0 Å². The summed E-state index contributed by atoms with van der Waals surface area (Å²) in [5.74, 6) is -0.953. The van der Waals surface area contributed by atoms with Gasteiger partial charge < -0.3 is 5.32 Å². The average molecular weight is 435 g/mol. The van der Waals surface area contributed by atoms with Crippen molar-refractivity contribution in [1.82, 2.24) is 24.5 Å². The lowest BCUT2D eigenvalue weighted by atomic mass is 10.2. The summed E-state index contributed by atoms with van der Waals surface area (Å²) >= 11 is 5.80. The number of anilines is 1. The van der Waals surface area contributed by atoms with E-state index in [2.05, 4.69) is 20.5 Å². The van der Waals surface area contributed by atoms with Crippen LogP contribution in [0.25, 0.3) is 16.7 Å². The number of pyridine rings is 1. The molecule has 0 aliphatic heterocycles. The Morgan fingerprint density at radius 3 is 2.53 bits per heavy atom. The van der Waals surface area contributed by atoms with Gasteiger partial charge in [-0.3, -0.25) is 9.48 Å². The number of carbonyl (C=O) groups excluding carboxylic acids is 1. The SMILES string of the molecule is Cc1nn(C)c2ncc(NC(=O)c3cnn(-c4ccc(Cl)cc4)c3C(F)(F)F)cc12. The van der Waals surface area contributed by atoms with E-state index in [0.717, 1.165) is 6.20 Å². The van der Waals surface area contributed by atoms with Crippen molar-refractivity contribution in [3.05, 3.63) is 64.7 Å². The summed E-state index contributed by atoms with van der Waals surface area (Å²) in [5, 5.41) is 11.5. The van der Waals surface area contributed by atoms with Gasteiger partial charge >= 0.3 is 6.18 Å². The predicted octanol–water partition coefficient (Wildman–Crippen LogP) is 4.39. The number of carbonyl (C=O) groups is 1. The Balaban J connectivity index is 1.72. The smallest absolute Gasteiger partial charge is 0.320 e. The third kappa shape index (κ3) is 3.50. The number of hydrogen-bond acceptors (Lipinski definition) is 4. The number of aromatic nitrogens is 5. The molecule has 1 aromatic carbocycles. The van der Waals surface area contributed by atoms with E-state index in [1.807, 2.05) is 0 Å². The van der Waals surface area contributed by atoms with E-state index in [4.69, 9.17) is 11.6 Å². The summed E-state index contributed by atoms with van der Waals surface area (Å²) in [6.07, 6.45) is -2.57. The number of halogens is 4. The average Bonchev–Trinajstić information content (AvgIpc) is 3.24. The van der Waals surface area contributed by atoms with Crippen LogP contribution in [0.15, 0.2) is 42.7 Å².